The van der Waals surface area contributed by atoms with Gasteiger partial charge >= 0.3 is 0 Å². The molecule has 2 aromatic rings. The molecule has 0 fully saturated rings. The number of aryl methyl sites for hydroxylation is 1. The van der Waals surface area contributed by atoms with Crippen molar-refractivity contribution in [1.29, 1.82) is 5.41 Å². The normalized spacial score (nSPS) is 10.2. The molecule has 4 heteroatoms. The van der Waals surface area contributed by atoms with E-state index in [1.54, 1.807) is 7.11 Å². The van der Waals surface area contributed by atoms with Gasteiger partial charge in [0.25, 0.3) is 0 Å². The number of halogens is 1. The van der Waals surface area contributed by atoms with E-state index in [0.717, 1.165) is 27.0 Å². The van der Waals surface area contributed by atoms with Gasteiger partial charge in [0.05, 0.1) is 7.11 Å². The molecular weight excluding hydrogens is 316 g/mol. The second-order valence-electron chi connectivity index (χ2n) is 4.55. The van der Waals surface area contributed by atoms with E-state index < -0.39 is 0 Å². The third-order valence-electron chi connectivity index (χ3n) is 3.06. The van der Waals surface area contributed by atoms with Crippen molar-refractivity contribution >= 4 is 27.8 Å². The molecule has 0 aliphatic rings. The molecule has 0 bridgehead atoms. The Hall–Kier alpha value is -1.81. The molecule has 0 radical (unpaired) electrons. The molecule has 0 spiro atoms. The van der Waals surface area contributed by atoms with E-state index in [1.807, 2.05) is 37.3 Å². The minimum atomic E-state index is 0.709. The summed E-state index contributed by atoms with van der Waals surface area (Å²) in [7, 11) is 1.66. The Balaban J connectivity index is 2.15. The second kappa shape index (κ2) is 6.57. The monoisotopic (exact) mass is 332 g/mol. The number of anilines is 1. The number of nitrogens with one attached hydrogen (secondary N) is 2. The van der Waals surface area contributed by atoms with E-state index in [-0.39, 0.29) is 0 Å². The highest BCUT2D eigenvalue weighted by atomic mass is 79.9. The molecule has 0 atom stereocenters. The fourth-order valence-corrected chi connectivity index (χ4v) is 2.68. The van der Waals surface area contributed by atoms with Crippen LogP contribution in [0.3, 0.4) is 0 Å². The lowest BCUT2D eigenvalue weighted by atomic mass is 10.1. The summed E-state index contributed by atoms with van der Waals surface area (Å²) >= 11 is 3.50. The number of hydrogen-bond acceptors (Lipinski definition) is 3. The van der Waals surface area contributed by atoms with Crippen LogP contribution in [0.2, 0.25) is 0 Å². The van der Waals surface area contributed by atoms with Gasteiger partial charge in [-0.15, -0.1) is 0 Å². The van der Waals surface area contributed by atoms with Gasteiger partial charge in [0.1, 0.15) is 5.75 Å². The van der Waals surface area contributed by atoms with Crippen molar-refractivity contribution < 1.29 is 4.74 Å². The summed E-state index contributed by atoms with van der Waals surface area (Å²) < 4.78 is 6.08. The molecule has 2 N–H and O–H groups in total. The maximum atomic E-state index is 7.52. The first-order chi connectivity index (χ1) is 9.63. The topological polar surface area (TPSA) is 45.1 Å². The molecule has 0 aliphatic carbocycles. The van der Waals surface area contributed by atoms with Crippen LogP contribution in [0.1, 0.15) is 16.7 Å². The molecule has 2 rings (SSSR count). The van der Waals surface area contributed by atoms with Crippen LogP contribution in [0.15, 0.2) is 40.9 Å². The summed E-state index contributed by atoms with van der Waals surface area (Å²) in [5.41, 5.74) is 4.14. The predicted molar refractivity (Wildman–Crippen MR) is 87.1 cm³/mol. The van der Waals surface area contributed by atoms with Crippen molar-refractivity contribution in [3.05, 3.63) is 57.6 Å². The Kier molecular flexibility index (Phi) is 4.79. The standard InChI is InChI=1S/C16H17BrN2O/c1-11-7-15(17)14(9-18)16(8-11)19-10-12-3-5-13(20-2)6-4-12/h3-9,18-19H,10H2,1-2H3. The first-order valence-corrected chi connectivity index (χ1v) is 7.10. The zero-order valence-corrected chi connectivity index (χ0v) is 13.1. The average Bonchev–Trinajstić information content (AvgIpc) is 2.45. The van der Waals surface area contributed by atoms with Gasteiger partial charge in [0.2, 0.25) is 0 Å². The van der Waals surface area contributed by atoms with Crippen molar-refractivity contribution in [2.75, 3.05) is 12.4 Å². The van der Waals surface area contributed by atoms with Gasteiger partial charge in [-0.05, 0) is 42.3 Å². The third-order valence-corrected chi connectivity index (χ3v) is 3.72. The zero-order chi connectivity index (χ0) is 14.5. The van der Waals surface area contributed by atoms with Crippen molar-refractivity contribution in [3.8, 4) is 5.75 Å². The average molecular weight is 333 g/mol. The Morgan fingerprint density at radius 2 is 1.95 bits per heavy atom. The van der Waals surface area contributed by atoms with E-state index in [9.17, 15) is 0 Å². The Morgan fingerprint density at radius 3 is 2.55 bits per heavy atom. The first kappa shape index (κ1) is 14.6. The van der Waals surface area contributed by atoms with Crippen molar-refractivity contribution in [3.63, 3.8) is 0 Å². The minimum absolute atomic E-state index is 0.709. The number of hydrogen-bond donors (Lipinski definition) is 2. The van der Waals surface area contributed by atoms with E-state index in [0.29, 0.717) is 6.54 Å². The van der Waals surface area contributed by atoms with Crippen LogP contribution in [0.25, 0.3) is 0 Å². The Bertz CT molecular complexity index is 609. The van der Waals surface area contributed by atoms with Gasteiger partial charge in [0, 0.05) is 28.5 Å². The molecule has 0 amide bonds. The fourth-order valence-electron chi connectivity index (χ4n) is 1.99. The molecule has 20 heavy (non-hydrogen) atoms. The van der Waals surface area contributed by atoms with Crippen molar-refractivity contribution in [2.24, 2.45) is 0 Å². The lowest BCUT2D eigenvalue weighted by Gasteiger charge is -2.12. The first-order valence-electron chi connectivity index (χ1n) is 6.31. The van der Waals surface area contributed by atoms with Gasteiger partial charge in [-0.3, -0.25) is 0 Å². The van der Waals surface area contributed by atoms with Crippen LogP contribution in [-0.2, 0) is 6.54 Å². The molecular formula is C16H17BrN2O. The number of benzene rings is 2. The molecule has 0 saturated carbocycles. The van der Waals surface area contributed by atoms with Crippen molar-refractivity contribution in [2.45, 2.75) is 13.5 Å². The van der Waals surface area contributed by atoms with Gasteiger partial charge in [0.15, 0.2) is 0 Å². The van der Waals surface area contributed by atoms with Crippen LogP contribution in [-0.4, -0.2) is 13.3 Å². The third kappa shape index (κ3) is 3.39. The van der Waals surface area contributed by atoms with Gasteiger partial charge in [-0.2, -0.15) is 0 Å². The molecule has 2 aromatic carbocycles. The lowest BCUT2D eigenvalue weighted by molar-refractivity contribution is 0.414. The summed E-state index contributed by atoms with van der Waals surface area (Å²) in [6, 6.07) is 12.0. The quantitative estimate of drug-likeness (QED) is 0.798. The molecule has 0 heterocycles. The largest absolute Gasteiger partial charge is 0.497 e. The molecule has 0 aliphatic heterocycles. The molecule has 0 unspecified atom stereocenters. The molecule has 3 nitrogen and oxygen atoms in total. The summed E-state index contributed by atoms with van der Waals surface area (Å²) in [4.78, 5) is 0. The number of methoxy groups -OCH3 is 1. The van der Waals surface area contributed by atoms with E-state index in [1.165, 1.54) is 11.8 Å². The number of rotatable bonds is 5. The smallest absolute Gasteiger partial charge is 0.118 e. The van der Waals surface area contributed by atoms with Crippen molar-refractivity contribution in [1.82, 2.24) is 0 Å². The Morgan fingerprint density at radius 1 is 1.25 bits per heavy atom. The van der Waals surface area contributed by atoms with Crippen LogP contribution in [0.5, 0.6) is 5.75 Å². The summed E-state index contributed by atoms with van der Waals surface area (Å²) in [6.07, 6.45) is 1.36. The number of ether oxygens (including phenoxy) is 1. The van der Waals surface area contributed by atoms with Gasteiger partial charge < -0.3 is 15.5 Å². The predicted octanol–water partition coefficient (Wildman–Crippen LogP) is 4.38. The van der Waals surface area contributed by atoms with E-state index >= 15 is 0 Å². The van der Waals surface area contributed by atoms with Crippen LogP contribution >= 0.6 is 15.9 Å². The molecule has 0 aromatic heterocycles. The van der Waals surface area contributed by atoms with Gasteiger partial charge in [-0.25, -0.2) is 0 Å². The SMILES string of the molecule is COc1ccc(CNc2cc(C)cc(Br)c2C=N)cc1. The fraction of sp³-hybridized carbons (Fsp3) is 0.188. The maximum Gasteiger partial charge on any atom is 0.118 e. The summed E-state index contributed by atoms with van der Waals surface area (Å²) in [5.74, 6) is 0.854. The molecule has 0 saturated heterocycles. The Labute approximate surface area is 127 Å². The lowest BCUT2D eigenvalue weighted by Crippen LogP contribution is -2.03. The minimum Gasteiger partial charge on any atom is -0.497 e. The van der Waals surface area contributed by atoms with E-state index in [2.05, 4.69) is 27.3 Å². The van der Waals surface area contributed by atoms with Crippen LogP contribution in [0, 0.1) is 12.3 Å². The van der Waals surface area contributed by atoms with Crippen LogP contribution < -0.4 is 10.1 Å². The molecule has 104 valence electrons. The van der Waals surface area contributed by atoms with Crippen LogP contribution in [0.4, 0.5) is 5.69 Å². The summed E-state index contributed by atoms with van der Waals surface area (Å²) in [6.45, 7) is 2.75. The zero-order valence-electron chi connectivity index (χ0n) is 11.5. The van der Waals surface area contributed by atoms with Gasteiger partial charge in [-0.1, -0.05) is 28.1 Å². The maximum absolute atomic E-state index is 7.52. The summed E-state index contributed by atoms with van der Waals surface area (Å²) in [5, 5.41) is 10.9. The highest BCUT2D eigenvalue weighted by Gasteiger charge is 2.06. The van der Waals surface area contributed by atoms with E-state index in [4.69, 9.17) is 10.1 Å². The highest BCUT2D eigenvalue weighted by Crippen LogP contribution is 2.26. The second-order valence-corrected chi connectivity index (χ2v) is 5.41. The highest BCUT2D eigenvalue weighted by molar-refractivity contribution is 9.10.